The summed E-state index contributed by atoms with van der Waals surface area (Å²) in [6.45, 7) is 0.314. The van der Waals surface area contributed by atoms with Gasteiger partial charge in [0.1, 0.15) is 11.3 Å². The van der Waals surface area contributed by atoms with Gasteiger partial charge < -0.3 is 10.2 Å². The number of aromatic nitrogens is 1. The van der Waals surface area contributed by atoms with Crippen LogP contribution >= 0.6 is 0 Å². The second kappa shape index (κ2) is 5.46. The highest BCUT2D eigenvalue weighted by molar-refractivity contribution is 5.87. The number of pyridine rings is 1. The summed E-state index contributed by atoms with van der Waals surface area (Å²) in [5, 5.41) is 0.402. The zero-order valence-corrected chi connectivity index (χ0v) is 11.5. The van der Waals surface area contributed by atoms with Crippen molar-refractivity contribution in [1.29, 1.82) is 0 Å². The molecule has 0 radical (unpaired) electrons. The SMILES string of the molecule is NCCc1cc2cc(-c3ccccn3)cc(C(F)(F)F)c2o1. The van der Waals surface area contributed by atoms with Crippen molar-refractivity contribution < 1.29 is 17.6 Å². The number of furan rings is 1. The molecule has 0 amide bonds. The first-order chi connectivity index (χ1) is 10.5. The molecule has 0 bridgehead atoms. The second-order valence-corrected chi connectivity index (χ2v) is 4.91. The van der Waals surface area contributed by atoms with Crippen LogP contribution in [0, 0.1) is 0 Å². The molecule has 22 heavy (non-hydrogen) atoms. The molecule has 0 aliphatic rings. The Kier molecular flexibility index (Phi) is 3.62. The van der Waals surface area contributed by atoms with Crippen LogP contribution in [0.4, 0.5) is 13.2 Å². The van der Waals surface area contributed by atoms with Crippen LogP contribution in [0.25, 0.3) is 22.2 Å². The topological polar surface area (TPSA) is 52.0 Å². The number of hydrogen-bond acceptors (Lipinski definition) is 3. The number of hydrogen-bond donors (Lipinski definition) is 1. The predicted octanol–water partition coefficient (Wildman–Crippen LogP) is 4.01. The zero-order chi connectivity index (χ0) is 15.7. The van der Waals surface area contributed by atoms with Gasteiger partial charge >= 0.3 is 6.18 Å². The van der Waals surface area contributed by atoms with Crippen LogP contribution in [0.1, 0.15) is 11.3 Å². The highest BCUT2D eigenvalue weighted by atomic mass is 19.4. The van der Waals surface area contributed by atoms with Crippen LogP contribution in [-0.4, -0.2) is 11.5 Å². The van der Waals surface area contributed by atoms with E-state index in [1.165, 1.54) is 0 Å². The van der Waals surface area contributed by atoms with Gasteiger partial charge in [-0.3, -0.25) is 4.98 Å². The Morgan fingerprint density at radius 1 is 1.14 bits per heavy atom. The summed E-state index contributed by atoms with van der Waals surface area (Å²) in [4.78, 5) is 4.10. The molecule has 0 unspecified atom stereocenters. The van der Waals surface area contributed by atoms with Crippen LogP contribution in [-0.2, 0) is 12.6 Å². The van der Waals surface area contributed by atoms with Gasteiger partial charge in [0.05, 0.1) is 11.3 Å². The van der Waals surface area contributed by atoms with E-state index in [1.54, 1.807) is 36.5 Å². The molecule has 0 spiro atoms. The quantitative estimate of drug-likeness (QED) is 0.795. The van der Waals surface area contributed by atoms with E-state index >= 15 is 0 Å². The maximum absolute atomic E-state index is 13.3. The van der Waals surface area contributed by atoms with Gasteiger partial charge in [0.15, 0.2) is 0 Å². The van der Waals surface area contributed by atoms with E-state index in [-0.39, 0.29) is 5.58 Å². The van der Waals surface area contributed by atoms with Gasteiger partial charge in [-0.25, -0.2) is 0 Å². The number of rotatable bonds is 3. The fourth-order valence-electron chi connectivity index (χ4n) is 2.36. The van der Waals surface area contributed by atoms with Crippen LogP contribution < -0.4 is 5.73 Å². The largest absolute Gasteiger partial charge is 0.460 e. The lowest BCUT2D eigenvalue weighted by molar-refractivity contribution is -0.136. The highest BCUT2D eigenvalue weighted by Gasteiger charge is 2.35. The number of alkyl halides is 3. The Bertz CT molecular complexity index is 794. The lowest BCUT2D eigenvalue weighted by atomic mass is 10.0. The normalized spacial score (nSPS) is 12.0. The summed E-state index contributed by atoms with van der Waals surface area (Å²) in [5.41, 5.74) is 5.37. The van der Waals surface area contributed by atoms with Crippen molar-refractivity contribution >= 4 is 11.0 Å². The summed E-state index contributed by atoms with van der Waals surface area (Å²) in [7, 11) is 0. The van der Waals surface area contributed by atoms with Crippen molar-refractivity contribution in [3.8, 4) is 11.3 Å². The van der Waals surface area contributed by atoms with Gasteiger partial charge in [0, 0.05) is 23.6 Å². The van der Waals surface area contributed by atoms with Crippen LogP contribution in [0.3, 0.4) is 0 Å². The standard InChI is InChI=1S/C16H13F3N2O/c17-16(18,19)13-9-10(14-3-1-2-6-21-14)7-11-8-12(4-5-20)22-15(11)13/h1-3,6-9H,4-5,20H2. The zero-order valence-electron chi connectivity index (χ0n) is 11.5. The minimum Gasteiger partial charge on any atom is -0.460 e. The molecule has 6 heteroatoms. The fraction of sp³-hybridized carbons (Fsp3) is 0.188. The molecule has 3 rings (SSSR count). The van der Waals surface area contributed by atoms with Gasteiger partial charge in [0.2, 0.25) is 0 Å². The van der Waals surface area contributed by atoms with Gasteiger partial charge in [-0.1, -0.05) is 6.07 Å². The summed E-state index contributed by atoms with van der Waals surface area (Å²) in [5.74, 6) is 0.446. The molecule has 3 aromatic rings. The maximum Gasteiger partial charge on any atom is 0.420 e. The van der Waals surface area contributed by atoms with Gasteiger partial charge in [-0.2, -0.15) is 13.2 Å². The smallest absolute Gasteiger partial charge is 0.420 e. The lowest BCUT2D eigenvalue weighted by Crippen LogP contribution is -2.05. The van der Waals surface area contributed by atoms with Crippen molar-refractivity contribution in [3.63, 3.8) is 0 Å². The maximum atomic E-state index is 13.3. The number of benzene rings is 1. The summed E-state index contributed by atoms with van der Waals surface area (Å²) in [6, 6.07) is 9.43. The molecule has 0 atom stereocenters. The highest BCUT2D eigenvalue weighted by Crippen LogP contribution is 2.39. The second-order valence-electron chi connectivity index (χ2n) is 4.91. The average Bonchev–Trinajstić information content (AvgIpc) is 2.88. The minimum atomic E-state index is -4.50. The molecule has 0 saturated carbocycles. The Morgan fingerprint density at radius 3 is 2.59 bits per heavy atom. The van der Waals surface area contributed by atoms with Crippen molar-refractivity contribution in [2.24, 2.45) is 5.73 Å². The van der Waals surface area contributed by atoms with Gasteiger partial charge in [-0.05, 0) is 36.9 Å². The van der Waals surface area contributed by atoms with Crippen molar-refractivity contribution in [2.45, 2.75) is 12.6 Å². The van der Waals surface area contributed by atoms with Gasteiger partial charge in [-0.15, -0.1) is 0 Å². The summed E-state index contributed by atoms with van der Waals surface area (Å²) >= 11 is 0. The Morgan fingerprint density at radius 2 is 1.95 bits per heavy atom. The lowest BCUT2D eigenvalue weighted by Gasteiger charge is -2.09. The third kappa shape index (κ3) is 2.69. The monoisotopic (exact) mass is 306 g/mol. The molecule has 114 valence electrons. The molecule has 0 aliphatic carbocycles. The molecular formula is C16H13F3N2O. The summed E-state index contributed by atoms with van der Waals surface area (Å²) in [6.07, 6.45) is -2.56. The van der Waals surface area contributed by atoms with E-state index in [4.69, 9.17) is 10.2 Å². The average molecular weight is 306 g/mol. The Balaban J connectivity index is 2.24. The molecular weight excluding hydrogens is 293 g/mol. The van der Waals surface area contributed by atoms with E-state index in [0.29, 0.717) is 35.4 Å². The molecule has 2 N–H and O–H groups in total. The van der Waals surface area contributed by atoms with E-state index in [0.717, 1.165) is 6.07 Å². The van der Waals surface area contributed by atoms with Crippen molar-refractivity contribution in [3.05, 3.63) is 53.9 Å². The number of nitrogens with two attached hydrogens (primary N) is 1. The van der Waals surface area contributed by atoms with E-state index in [2.05, 4.69) is 4.98 Å². The van der Waals surface area contributed by atoms with E-state index < -0.39 is 11.7 Å². The number of halogens is 3. The third-order valence-corrected chi connectivity index (χ3v) is 3.32. The van der Waals surface area contributed by atoms with Crippen molar-refractivity contribution in [2.75, 3.05) is 6.54 Å². The molecule has 2 heterocycles. The molecule has 0 aliphatic heterocycles. The van der Waals surface area contributed by atoms with E-state index in [1.807, 2.05) is 0 Å². The first kappa shape index (κ1) is 14.6. The predicted molar refractivity (Wildman–Crippen MR) is 77.2 cm³/mol. The van der Waals surface area contributed by atoms with Crippen molar-refractivity contribution in [1.82, 2.24) is 4.98 Å². The fourth-order valence-corrected chi connectivity index (χ4v) is 2.36. The summed E-state index contributed by atoms with van der Waals surface area (Å²) < 4.78 is 45.2. The molecule has 0 fully saturated rings. The van der Waals surface area contributed by atoms with Crippen LogP contribution in [0.5, 0.6) is 0 Å². The molecule has 0 saturated heterocycles. The molecule has 2 aromatic heterocycles. The first-order valence-corrected chi connectivity index (χ1v) is 6.74. The Hall–Kier alpha value is -2.34. The molecule has 3 nitrogen and oxygen atoms in total. The van der Waals surface area contributed by atoms with Gasteiger partial charge in [0.25, 0.3) is 0 Å². The number of fused-ring (bicyclic) bond motifs is 1. The third-order valence-electron chi connectivity index (χ3n) is 3.32. The number of nitrogens with zero attached hydrogens (tertiary/aromatic N) is 1. The molecule has 1 aromatic carbocycles. The van der Waals surface area contributed by atoms with E-state index in [9.17, 15) is 13.2 Å². The first-order valence-electron chi connectivity index (χ1n) is 6.74. The Labute approximate surface area is 124 Å². The van der Waals surface area contributed by atoms with Crippen LogP contribution in [0.15, 0.2) is 47.0 Å². The minimum absolute atomic E-state index is 0.157. The van der Waals surface area contributed by atoms with Crippen LogP contribution in [0.2, 0.25) is 0 Å².